The standard InChI is InChI=1S/C20H25N3O2/c1-15-5-6-18(16(2)12-15)20(17-4-3-7-21-13-17)22-19(24)14-23-8-10-25-11-9-23/h3-7,12-13,20H,8-11,14H2,1-2H3,(H,22,24). The number of aromatic nitrogens is 1. The zero-order chi connectivity index (χ0) is 17.6. The maximum atomic E-state index is 12.6. The van der Waals surface area contributed by atoms with E-state index in [1.54, 1.807) is 6.20 Å². The molecule has 0 bridgehead atoms. The molecule has 0 saturated carbocycles. The molecular weight excluding hydrogens is 314 g/mol. The number of pyridine rings is 1. The maximum Gasteiger partial charge on any atom is 0.234 e. The molecule has 1 N–H and O–H groups in total. The van der Waals surface area contributed by atoms with E-state index in [4.69, 9.17) is 4.74 Å². The molecule has 2 aromatic rings. The highest BCUT2D eigenvalue weighted by Gasteiger charge is 2.21. The predicted molar refractivity (Wildman–Crippen MR) is 97.4 cm³/mol. The Kier molecular flexibility index (Phi) is 5.79. The lowest BCUT2D eigenvalue weighted by Crippen LogP contribution is -2.44. The number of hydrogen-bond acceptors (Lipinski definition) is 4. The quantitative estimate of drug-likeness (QED) is 0.908. The number of carbonyl (C=O) groups excluding carboxylic acids is 1. The highest BCUT2D eigenvalue weighted by molar-refractivity contribution is 5.79. The van der Waals surface area contributed by atoms with Gasteiger partial charge < -0.3 is 10.1 Å². The van der Waals surface area contributed by atoms with Crippen LogP contribution in [0.25, 0.3) is 0 Å². The summed E-state index contributed by atoms with van der Waals surface area (Å²) in [6.45, 7) is 7.54. The fraction of sp³-hybridized carbons (Fsp3) is 0.400. The maximum absolute atomic E-state index is 12.6. The first-order valence-electron chi connectivity index (χ1n) is 8.70. The number of aryl methyl sites for hydroxylation is 2. The van der Waals surface area contributed by atoms with Gasteiger partial charge in [-0.15, -0.1) is 0 Å². The first-order valence-corrected chi connectivity index (χ1v) is 8.70. The summed E-state index contributed by atoms with van der Waals surface area (Å²) in [5, 5.41) is 3.20. The topological polar surface area (TPSA) is 54.5 Å². The van der Waals surface area contributed by atoms with Crippen molar-refractivity contribution in [2.24, 2.45) is 0 Å². The third kappa shape index (κ3) is 4.65. The summed E-state index contributed by atoms with van der Waals surface area (Å²) in [6.07, 6.45) is 3.57. The van der Waals surface area contributed by atoms with Crippen LogP contribution in [0.3, 0.4) is 0 Å². The van der Waals surface area contributed by atoms with Crippen LogP contribution in [-0.4, -0.2) is 48.6 Å². The second-order valence-corrected chi connectivity index (χ2v) is 6.54. The van der Waals surface area contributed by atoms with E-state index < -0.39 is 0 Å². The van der Waals surface area contributed by atoms with Gasteiger partial charge in [0.05, 0.1) is 25.8 Å². The van der Waals surface area contributed by atoms with E-state index >= 15 is 0 Å². The molecule has 2 heterocycles. The molecule has 1 fully saturated rings. The Morgan fingerprint density at radius 2 is 2.08 bits per heavy atom. The van der Waals surface area contributed by atoms with Crippen LogP contribution < -0.4 is 5.32 Å². The number of ether oxygens (including phenoxy) is 1. The number of hydrogen-bond donors (Lipinski definition) is 1. The van der Waals surface area contributed by atoms with Crippen LogP contribution in [0.1, 0.15) is 28.3 Å². The van der Waals surface area contributed by atoms with Gasteiger partial charge in [-0.05, 0) is 36.6 Å². The van der Waals surface area contributed by atoms with E-state index in [0.29, 0.717) is 19.8 Å². The summed E-state index contributed by atoms with van der Waals surface area (Å²) < 4.78 is 5.35. The Morgan fingerprint density at radius 1 is 1.28 bits per heavy atom. The van der Waals surface area contributed by atoms with Crippen molar-refractivity contribution >= 4 is 5.91 Å². The average Bonchev–Trinajstić information content (AvgIpc) is 2.62. The van der Waals surface area contributed by atoms with E-state index in [-0.39, 0.29) is 11.9 Å². The molecule has 0 spiro atoms. The molecule has 1 aliphatic rings. The zero-order valence-corrected chi connectivity index (χ0v) is 14.9. The normalized spacial score (nSPS) is 16.4. The Morgan fingerprint density at radius 3 is 2.76 bits per heavy atom. The van der Waals surface area contributed by atoms with Crippen LogP contribution in [0, 0.1) is 13.8 Å². The number of nitrogens with zero attached hydrogens (tertiary/aromatic N) is 2. The second kappa shape index (κ2) is 8.23. The molecule has 1 saturated heterocycles. The van der Waals surface area contributed by atoms with Gasteiger partial charge in [0.15, 0.2) is 0 Å². The molecule has 132 valence electrons. The first kappa shape index (κ1) is 17.6. The molecule has 5 heteroatoms. The van der Waals surface area contributed by atoms with Gasteiger partial charge in [0, 0.05) is 25.5 Å². The van der Waals surface area contributed by atoms with Crippen LogP contribution >= 0.6 is 0 Å². The number of morpholine rings is 1. The van der Waals surface area contributed by atoms with Crippen molar-refractivity contribution < 1.29 is 9.53 Å². The predicted octanol–water partition coefficient (Wildman–Crippen LogP) is 2.24. The molecule has 0 radical (unpaired) electrons. The SMILES string of the molecule is Cc1ccc(C(NC(=O)CN2CCOCC2)c2cccnc2)c(C)c1. The monoisotopic (exact) mass is 339 g/mol. The van der Waals surface area contributed by atoms with E-state index in [2.05, 4.69) is 47.2 Å². The molecule has 1 atom stereocenters. The summed E-state index contributed by atoms with van der Waals surface area (Å²) >= 11 is 0. The van der Waals surface area contributed by atoms with Gasteiger partial charge in [0.1, 0.15) is 0 Å². The van der Waals surface area contributed by atoms with Gasteiger partial charge in [-0.2, -0.15) is 0 Å². The third-order valence-electron chi connectivity index (χ3n) is 4.53. The lowest BCUT2D eigenvalue weighted by Gasteiger charge is -2.27. The van der Waals surface area contributed by atoms with Crippen molar-refractivity contribution in [2.75, 3.05) is 32.8 Å². The van der Waals surface area contributed by atoms with E-state index in [1.165, 1.54) is 11.1 Å². The van der Waals surface area contributed by atoms with Crippen LogP contribution in [0.4, 0.5) is 0 Å². The van der Waals surface area contributed by atoms with Crippen molar-refractivity contribution in [3.8, 4) is 0 Å². The van der Waals surface area contributed by atoms with Crippen LogP contribution in [-0.2, 0) is 9.53 Å². The van der Waals surface area contributed by atoms with Crippen LogP contribution in [0.5, 0.6) is 0 Å². The molecule has 5 nitrogen and oxygen atoms in total. The zero-order valence-electron chi connectivity index (χ0n) is 14.9. The summed E-state index contributed by atoms with van der Waals surface area (Å²) in [7, 11) is 0. The van der Waals surface area contributed by atoms with Gasteiger partial charge in [-0.25, -0.2) is 0 Å². The van der Waals surface area contributed by atoms with Crippen molar-refractivity contribution in [1.82, 2.24) is 15.2 Å². The molecule has 1 unspecified atom stereocenters. The number of rotatable bonds is 5. The fourth-order valence-corrected chi connectivity index (χ4v) is 3.21. The van der Waals surface area contributed by atoms with Crippen LogP contribution in [0.15, 0.2) is 42.7 Å². The molecular formula is C20H25N3O2. The fourth-order valence-electron chi connectivity index (χ4n) is 3.21. The smallest absolute Gasteiger partial charge is 0.234 e. The van der Waals surface area contributed by atoms with Gasteiger partial charge in [-0.1, -0.05) is 29.8 Å². The Hall–Kier alpha value is -2.24. The van der Waals surface area contributed by atoms with Gasteiger partial charge in [0.25, 0.3) is 0 Å². The minimum atomic E-state index is -0.192. The van der Waals surface area contributed by atoms with Crippen molar-refractivity contribution in [2.45, 2.75) is 19.9 Å². The van der Waals surface area contributed by atoms with E-state index in [0.717, 1.165) is 24.2 Å². The number of benzene rings is 1. The molecule has 25 heavy (non-hydrogen) atoms. The number of carbonyl (C=O) groups is 1. The Bertz CT molecular complexity index is 712. The molecule has 1 aromatic heterocycles. The van der Waals surface area contributed by atoms with Crippen molar-refractivity contribution in [1.29, 1.82) is 0 Å². The summed E-state index contributed by atoms with van der Waals surface area (Å²) in [5.74, 6) is 0.0238. The molecule has 1 aromatic carbocycles. The van der Waals surface area contributed by atoms with E-state index in [1.807, 2.05) is 18.3 Å². The van der Waals surface area contributed by atoms with Crippen molar-refractivity contribution in [3.05, 3.63) is 65.0 Å². The summed E-state index contributed by atoms with van der Waals surface area (Å²) in [6, 6.07) is 10.0. The Balaban J connectivity index is 1.80. The number of nitrogens with one attached hydrogen (secondary N) is 1. The van der Waals surface area contributed by atoms with Crippen molar-refractivity contribution in [3.63, 3.8) is 0 Å². The second-order valence-electron chi connectivity index (χ2n) is 6.54. The van der Waals surface area contributed by atoms with Gasteiger partial charge in [0.2, 0.25) is 5.91 Å². The molecule has 1 aliphatic heterocycles. The average molecular weight is 339 g/mol. The molecule has 3 rings (SSSR count). The van der Waals surface area contributed by atoms with Gasteiger partial charge in [-0.3, -0.25) is 14.7 Å². The highest BCUT2D eigenvalue weighted by Crippen LogP contribution is 2.25. The Labute approximate surface area is 149 Å². The highest BCUT2D eigenvalue weighted by atomic mass is 16.5. The third-order valence-corrected chi connectivity index (χ3v) is 4.53. The minimum absolute atomic E-state index is 0.0238. The molecule has 0 aliphatic carbocycles. The van der Waals surface area contributed by atoms with Gasteiger partial charge >= 0.3 is 0 Å². The largest absolute Gasteiger partial charge is 0.379 e. The first-order chi connectivity index (χ1) is 12.1. The number of amides is 1. The summed E-state index contributed by atoms with van der Waals surface area (Å²) in [4.78, 5) is 19.0. The molecule has 1 amide bonds. The van der Waals surface area contributed by atoms with Crippen LogP contribution in [0.2, 0.25) is 0 Å². The summed E-state index contributed by atoms with van der Waals surface area (Å²) in [5.41, 5.74) is 4.48. The minimum Gasteiger partial charge on any atom is -0.379 e. The lowest BCUT2D eigenvalue weighted by atomic mass is 9.94. The lowest BCUT2D eigenvalue weighted by molar-refractivity contribution is -0.123. The van der Waals surface area contributed by atoms with E-state index in [9.17, 15) is 4.79 Å².